The number of benzene rings is 1. The van der Waals surface area contributed by atoms with Crippen LogP contribution in [0.2, 0.25) is 0 Å². The lowest BCUT2D eigenvalue weighted by Crippen LogP contribution is -2.17. The number of thiocarbonyl (C=S) groups is 1. The van der Waals surface area contributed by atoms with Crippen LogP contribution in [0.25, 0.3) is 6.08 Å². The van der Waals surface area contributed by atoms with Crippen LogP contribution in [-0.2, 0) is 4.79 Å². The highest BCUT2D eigenvalue weighted by Gasteiger charge is 2.23. The van der Waals surface area contributed by atoms with Gasteiger partial charge in [-0.2, -0.15) is 0 Å². The van der Waals surface area contributed by atoms with Crippen molar-refractivity contribution in [1.82, 2.24) is 5.32 Å². The van der Waals surface area contributed by atoms with Crippen LogP contribution in [0.1, 0.15) is 30.8 Å². The molecule has 0 radical (unpaired) electrons. The molecule has 1 aromatic carbocycles. The molecule has 0 saturated carbocycles. The van der Waals surface area contributed by atoms with Crippen LogP contribution >= 0.6 is 39.9 Å². The van der Waals surface area contributed by atoms with Crippen LogP contribution in [0.5, 0.6) is 5.75 Å². The number of hydrogen-bond acceptors (Lipinski definition) is 5. The lowest BCUT2D eigenvalue weighted by molar-refractivity contribution is -0.115. The molecule has 1 aliphatic heterocycles. The summed E-state index contributed by atoms with van der Waals surface area (Å²) in [4.78, 5) is 12.4. The van der Waals surface area contributed by atoms with Crippen LogP contribution in [0, 0.1) is 0 Å². The van der Waals surface area contributed by atoms with Crippen molar-refractivity contribution in [2.75, 3.05) is 0 Å². The van der Waals surface area contributed by atoms with Gasteiger partial charge in [-0.05, 0) is 42.8 Å². The van der Waals surface area contributed by atoms with E-state index >= 15 is 0 Å². The number of hydrogen-bond donors (Lipinski definition) is 1. The second-order valence-corrected chi connectivity index (χ2v) is 7.70. The number of rotatable bonds is 5. The molecule has 0 bridgehead atoms. The Morgan fingerprint density at radius 2 is 2.29 bits per heavy atom. The van der Waals surface area contributed by atoms with Crippen LogP contribution in [0.4, 0.5) is 0 Å². The van der Waals surface area contributed by atoms with Crippen LogP contribution in [0.3, 0.4) is 0 Å². The van der Waals surface area contributed by atoms with Gasteiger partial charge in [-0.3, -0.25) is 4.79 Å². The van der Waals surface area contributed by atoms with Gasteiger partial charge >= 0.3 is 0 Å². The van der Waals surface area contributed by atoms with Crippen molar-refractivity contribution in [2.45, 2.75) is 19.4 Å². The maximum absolute atomic E-state index is 11.9. The molecule has 0 spiro atoms. The number of amides is 1. The van der Waals surface area contributed by atoms with Gasteiger partial charge in [0.1, 0.15) is 15.8 Å². The average Bonchev–Trinajstić information content (AvgIpc) is 3.17. The number of halogens is 1. The lowest BCUT2D eigenvalue weighted by atomic mass is 10.1. The smallest absolute Gasteiger partial charge is 0.263 e. The fraction of sp³-hybridized carbons (Fsp3) is 0.176. The summed E-state index contributed by atoms with van der Waals surface area (Å²) in [6.07, 6.45) is 3.99. The van der Waals surface area contributed by atoms with Crippen molar-refractivity contribution in [3.05, 3.63) is 57.3 Å². The highest BCUT2D eigenvalue weighted by atomic mass is 79.9. The van der Waals surface area contributed by atoms with Crippen LogP contribution in [0.15, 0.2) is 50.4 Å². The normalized spacial score (nSPS) is 17.2. The van der Waals surface area contributed by atoms with Crippen molar-refractivity contribution in [2.24, 2.45) is 0 Å². The number of furan rings is 1. The van der Waals surface area contributed by atoms with Gasteiger partial charge in [-0.25, -0.2) is 0 Å². The molecule has 3 rings (SSSR count). The number of ether oxygens (including phenoxy) is 1. The average molecular weight is 424 g/mol. The number of nitrogens with one attached hydrogen (secondary N) is 1. The zero-order chi connectivity index (χ0) is 17.1. The van der Waals surface area contributed by atoms with E-state index in [-0.39, 0.29) is 12.0 Å². The first-order valence-electron chi connectivity index (χ1n) is 7.31. The molecule has 1 atom stereocenters. The Morgan fingerprint density at radius 1 is 1.46 bits per heavy atom. The highest BCUT2D eigenvalue weighted by molar-refractivity contribution is 9.10. The van der Waals surface area contributed by atoms with Gasteiger partial charge in [0.2, 0.25) is 0 Å². The maximum atomic E-state index is 11.9. The third-order valence-corrected chi connectivity index (χ3v) is 5.06. The molecule has 2 aromatic rings. The summed E-state index contributed by atoms with van der Waals surface area (Å²) in [6.45, 7) is 2.03. The monoisotopic (exact) mass is 423 g/mol. The van der Waals surface area contributed by atoms with E-state index in [0.717, 1.165) is 22.2 Å². The molecule has 24 heavy (non-hydrogen) atoms. The maximum Gasteiger partial charge on any atom is 0.263 e. The molecule has 124 valence electrons. The Kier molecular flexibility index (Phi) is 5.43. The lowest BCUT2D eigenvalue weighted by Gasteiger charge is -2.17. The van der Waals surface area contributed by atoms with E-state index in [9.17, 15) is 4.79 Å². The molecular formula is C17H14BrNO3S2. The molecule has 7 heteroatoms. The minimum Gasteiger partial charge on any atom is -0.482 e. The van der Waals surface area contributed by atoms with E-state index < -0.39 is 0 Å². The second-order valence-electron chi connectivity index (χ2n) is 5.06. The number of thioether (sulfide) groups is 1. The van der Waals surface area contributed by atoms with Crippen molar-refractivity contribution >= 4 is 56.2 Å². The topological polar surface area (TPSA) is 51.5 Å². The predicted molar refractivity (Wildman–Crippen MR) is 103 cm³/mol. The predicted octanol–water partition coefficient (Wildman–Crippen LogP) is 5.06. The summed E-state index contributed by atoms with van der Waals surface area (Å²) < 4.78 is 13.0. The Balaban J connectivity index is 1.92. The zero-order valence-electron chi connectivity index (χ0n) is 12.7. The summed E-state index contributed by atoms with van der Waals surface area (Å²) >= 11 is 9.73. The first-order chi connectivity index (χ1) is 11.6. The van der Waals surface area contributed by atoms with E-state index in [0.29, 0.717) is 15.0 Å². The van der Waals surface area contributed by atoms with Gasteiger partial charge in [0, 0.05) is 10.0 Å². The minimum absolute atomic E-state index is 0.186. The summed E-state index contributed by atoms with van der Waals surface area (Å²) in [5.41, 5.74) is 0.803. The van der Waals surface area contributed by atoms with Gasteiger partial charge < -0.3 is 14.5 Å². The van der Waals surface area contributed by atoms with Gasteiger partial charge in [-0.15, -0.1) is 0 Å². The standard InChI is InChI=1S/C17H14BrNO3S2/c1-2-12(14-4-3-7-21-14)22-13-6-5-11(18)8-10(13)9-15-16(20)19-17(23)24-15/h3-9,12H,2H2,1H3,(H,19,20,23)/b15-9-. The van der Waals surface area contributed by atoms with Crippen molar-refractivity contribution < 1.29 is 13.9 Å². The van der Waals surface area contributed by atoms with E-state index in [1.165, 1.54) is 11.8 Å². The van der Waals surface area contributed by atoms with E-state index in [1.54, 1.807) is 12.3 Å². The quantitative estimate of drug-likeness (QED) is 0.537. The number of carbonyl (C=O) groups is 1. The molecule has 1 saturated heterocycles. The Morgan fingerprint density at radius 3 is 2.92 bits per heavy atom. The molecule has 1 N–H and O–H groups in total. The minimum atomic E-state index is -0.190. The third kappa shape index (κ3) is 3.91. The van der Waals surface area contributed by atoms with Gasteiger partial charge in [-0.1, -0.05) is 46.8 Å². The molecule has 4 nitrogen and oxygen atoms in total. The third-order valence-electron chi connectivity index (χ3n) is 3.40. The van der Waals surface area contributed by atoms with Crippen molar-refractivity contribution in [3.63, 3.8) is 0 Å². The Labute approximate surface area is 157 Å². The van der Waals surface area contributed by atoms with Crippen molar-refractivity contribution in [3.8, 4) is 5.75 Å². The van der Waals surface area contributed by atoms with E-state index in [4.69, 9.17) is 21.4 Å². The van der Waals surface area contributed by atoms with E-state index in [1.807, 2.05) is 37.3 Å². The fourth-order valence-electron chi connectivity index (χ4n) is 2.27. The molecule has 2 heterocycles. The molecule has 0 aliphatic carbocycles. The largest absolute Gasteiger partial charge is 0.482 e. The molecule has 1 aliphatic rings. The van der Waals surface area contributed by atoms with Gasteiger partial charge in [0.25, 0.3) is 5.91 Å². The zero-order valence-corrected chi connectivity index (χ0v) is 16.0. The molecule has 1 unspecified atom stereocenters. The highest BCUT2D eigenvalue weighted by Crippen LogP contribution is 2.34. The van der Waals surface area contributed by atoms with E-state index in [2.05, 4.69) is 21.2 Å². The molecule has 1 fully saturated rings. The fourth-order valence-corrected chi connectivity index (χ4v) is 3.69. The molecule has 1 aromatic heterocycles. The first-order valence-corrected chi connectivity index (χ1v) is 9.33. The summed E-state index contributed by atoms with van der Waals surface area (Å²) in [5, 5.41) is 2.62. The number of carbonyl (C=O) groups excluding carboxylic acids is 1. The van der Waals surface area contributed by atoms with Crippen molar-refractivity contribution in [1.29, 1.82) is 0 Å². The summed E-state index contributed by atoms with van der Waals surface area (Å²) in [7, 11) is 0. The first kappa shape index (κ1) is 17.3. The van der Waals surface area contributed by atoms with Gasteiger partial charge in [0.15, 0.2) is 6.10 Å². The Hall–Kier alpha value is -1.57. The SMILES string of the molecule is CCC(Oc1ccc(Br)cc1/C=C1\SC(=S)NC1=O)c1ccco1. The molecule has 1 amide bonds. The summed E-state index contributed by atoms with van der Waals surface area (Å²) in [6, 6.07) is 9.42. The Bertz CT molecular complexity index is 802. The van der Waals surface area contributed by atoms with Crippen LogP contribution < -0.4 is 10.1 Å². The van der Waals surface area contributed by atoms with Gasteiger partial charge in [0.05, 0.1) is 11.2 Å². The van der Waals surface area contributed by atoms with Crippen LogP contribution in [-0.4, -0.2) is 10.2 Å². The molecular weight excluding hydrogens is 410 g/mol. The second kappa shape index (κ2) is 7.55. The summed E-state index contributed by atoms with van der Waals surface area (Å²) in [5.74, 6) is 1.27.